The largest absolute Gasteiger partial charge is 0.497 e. The lowest BCUT2D eigenvalue weighted by atomic mass is 10.1. The summed E-state index contributed by atoms with van der Waals surface area (Å²) in [7, 11) is 1.49. The molecule has 1 aliphatic heterocycles. The molecule has 102 valence electrons. The first-order valence-electron chi connectivity index (χ1n) is 6.07. The molecule has 1 fully saturated rings. The highest BCUT2D eigenvalue weighted by atomic mass is 16.5. The van der Waals surface area contributed by atoms with Crippen molar-refractivity contribution in [1.82, 2.24) is 5.32 Å². The molecular formula is C13H16N2O4. The maximum atomic E-state index is 12.0. The minimum absolute atomic E-state index is 0.0483. The lowest BCUT2D eigenvalue weighted by molar-refractivity contribution is -0.117. The van der Waals surface area contributed by atoms with Crippen LogP contribution >= 0.6 is 0 Å². The zero-order valence-corrected chi connectivity index (χ0v) is 10.6. The molecule has 19 heavy (non-hydrogen) atoms. The maximum Gasteiger partial charge on any atom is 0.337 e. The summed E-state index contributed by atoms with van der Waals surface area (Å²) in [5, 5.41) is 14.8. The van der Waals surface area contributed by atoms with Gasteiger partial charge in [0.05, 0.1) is 24.4 Å². The first-order chi connectivity index (χ1) is 9.11. The van der Waals surface area contributed by atoms with Crippen LogP contribution in [-0.2, 0) is 4.79 Å². The SMILES string of the molecule is COc1ccc(C(=O)O)c(NC(=O)C2CCCN2)c1. The second kappa shape index (κ2) is 5.71. The van der Waals surface area contributed by atoms with Crippen molar-refractivity contribution in [3.05, 3.63) is 23.8 Å². The second-order valence-electron chi connectivity index (χ2n) is 4.35. The van der Waals surface area contributed by atoms with Crippen LogP contribution in [0, 0.1) is 0 Å². The molecule has 1 unspecified atom stereocenters. The Morgan fingerprint density at radius 3 is 2.84 bits per heavy atom. The third kappa shape index (κ3) is 3.03. The van der Waals surface area contributed by atoms with Gasteiger partial charge in [-0.1, -0.05) is 0 Å². The number of aromatic carboxylic acids is 1. The summed E-state index contributed by atoms with van der Waals surface area (Å²) < 4.78 is 5.04. The molecule has 0 radical (unpaired) electrons. The van der Waals surface area contributed by atoms with E-state index in [4.69, 9.17) is 9.84 Å². The van der Waals surface area contributed by atoms with E-state index in [2.05, 4.69) is 10.6 Å². The molecule has 0 aliphatic carbocycles. The maximum absolute atomic E-state index is 12.0. The van der Waals surface area contributed by atoms with Crippen molar-refractivity contribution >= 4 is 17.6 Å². The minimum Gasteiger partial charge on any atom is -0.497 e. The standard InChI is InChI=1S/C13H16N2O4/c1-19-8-4-5-9(13(17)18)11(7-8)15-12(16)10-3-2-6-14-10/h4-5,7,10,14H,2-3,6H2,1H3,(H,15,16)(H,17,18). The van der Waals surface area contributed by atoms with Crippen LogP contribution in [0.4, 0.5) is 5.69 Å². The molecule has 1 aromatic rings. The number of hydrogen-bond acceptors (Lipinski definition) is 4. The highest BCUT2D eigenvalue weighted by Crippen LogP contribution is 2.23. The summed E-state index contributed by atoms with van der Waals surface area (Å²) in [4.78, 5) is 23.1. The van der Waals surface area contributed by atoms with Gasteiger partial charge in [-0.05, 0) is 31.5 Å². The zero-order chi connectivity index (χ0) is 13.8. The lowest BCUT2D eigenvalue weighted by Gasteiger charge is -2.13. The molecule has 0 spiro atoms. The van der Waals surface area contributed by atoms with Gasteiger partial charge in [-0.15, -0.1) is 0 Å². The molecule has 6 heteroatoms. The normalized spacial score (nSPS) is 18.1. The number of amides is 1. The van der Waals surface area contributed by atoms with E-state index in [0.717, 1.165) is 19.4 Å². The van der Waals surface area contributed by atoms with Crippen molar-refractivity contribution in [1.29, 1.82) is 0 Å². The summed E-state index contributed by atoms with van der Waals surface area (Å²) in [5.74, 6) is -0.801. The van der Waals surface area contributed by atoms with Crippen molar-refractivity contribution in [2.75, 3.05) is 19.0 Å². The van der Waals surface area contributed by atoms with Gasteiger partial charge in [-0.25, -0.2) is 4.79 Å². The number of ether oxygens (including phenoxy) is 1. The lowest BCUT2D eigenvalue weighted by Crippen LogP contribution is -2.35. The average molecular weight is 264 g/mol. The van der Waals surface area contributed by atoms with Crippen LogP contribution in [0.1, 0.15) is 23.2 Å². The summed E-state index contributed by atoms with van der Waals surface area (Å²) in [6.45, 7) is 0.808. The van der Waals surface area contributed by atoms with Crippen LogP contribution in [0.2, 0.25) is 0 Å². The Bertz CT molecular complexity index is 495. The van der Waals surface area contributed by atoms with Gasteiger partial charge in [-0.3, -0.25) is 4.79 Å². The van der Waals surface area contributed by atoms with Crippen molar-refractivity contribution in [2.24, 2.45) is 0 Å². The van der Waals surface area contributed by atoms with E-state index in [1.807, 2.05) is 0 Å². The number of carboxylic acids is 1. The molecule has 3 N–H and O–H groups in total. The molecule has 2 rings (SSSR count). The van der Waals surface area contributed by atoms with Gasteiger partial charge in [0.2, 0.25) is 5.91 Å². The highest BCUT2D eigenvalue weighted by Gasteiger charge is 2.23. The highest BCUT2D eigenvalue weighted by molar-refractivity contribution is 6.02. The fraction of sp³-hybridized carbons (Fsp3) is 0.385. The van der Waals surface area contributed by atoms with Crippen molar-refractivity contribution in [2.45, 2.75) is 18.9 Å². The monoisotopic (exact) mass is 264 g/mol. The van der Waals surface area contributed by atoms with Gasteiger partial charge in [0.1, 0.15) is 5.75 Å². The summed E-state index contributed by atoms with van der Waals surface area (Å²) in [6.07, 6.45) is 1.71. The summed E-state index contributed by atoms with van der Waals surface area (Å²) >= 11 is 0. The van der Waals surface area contributed by atoms with Crippen LogP contribution in [-0.4, -0.2) is 36.7 Å². The number of rotatable bonds is 4. The molecule has 1 aliphatic rings. The van der Waals surface area contributed by atoms with E-state index in [1.54, 1.807) is 6.07 Å². The Kier molecular flexibility index (Phi) is 4.01. The summed E-state index contributed by atoms with van der Waals surface area (Å²) in [6, 6.07) is 4.22. The molecule has 1 atom stereocenters. The third-order valence-electron chi connectivity index (χ3n) is 3.09. The van der Waals surface area contributed by atoms with Gasteiger partial charge in [0.25, 0.3) is 0 Å². The van der Waals surface area contributed by atoms with Gasteiger partial charge in [-0.2, -0.15) is 0 Å². The smallest absolute Gasteiger partial charge is 0.337 e. The van der Waals surface area contributed by atoms with Crippen molar-refractivity contribution < 1.29 is 19.4 Å². The first-order valence-corrected chi connectivity index (χ1v) is 6.07. The number of hydrogen-bond donors (Lipinski definition) is 3. The second-order valence-corrected chi connectivity index (χ2v) is 4.35. The fourth-order valence-electron chi connectivity index (χ4n) is 2.07. The van der Waals surface area contributed by atoms with E-state index in [1.165, 1.54) is 19.2 Å². The molecule has 1 aromatic carbocycles. The van der Waals surface area contributed by atoms with Gasteiger partial charge < -0.3 is 20.5 Å². The first kappa shape index (κ1) is 13.4. The molecule has 6 nitrogen and oxygen atoms in total. The van der Waals surface area contributed by atoms with Crippen molar-refractivity contribution in [3.63, 3.8) is 0 Å². The van der Waals surface area contributed by atoms with Crippen LogP contribution in [0.3, 0.4) is 0 Å². The number of nitrogens with one attached hydrogen (secondary N) is 2. The zero-order valence-electron chi connectivity index (χ0n) is 10.6. The molecule has 0 bridgehead atoms. The van der Waals surface area contributed by atoms with Crippen LogP contribution in [0.25, 0.3) is 0 Å². The molecule has 1 saturated heterocycles. The van der Waals surface area contributed by atoms with E-state index >= 15 is 0 Å². The Hall–Kier alpha value is -2.08. The van der Waals surface area contributed by atoms with Crippen LogP contribution < -0.4 is 15.4 Å². The predicted octanol–water partition coefficient (Wildman–Crippen LogP) is 1.08. The van der Waals surface area contributed by atoms with E-state index < -0.39 is 5.97 Å². The fourth-order valence-corrected chi connectivity index (χ4v) is 2.07. The average Bonchev–Trinajstić information content (AvgIpc) is 2.92. The third-order valence-corrected chi connectivity index (χ3v) is 3.09. The van der Waals surface area contributed by atoms with Gasteiger partial charge >= 0.3 is 5.97 Å². The van der Waals surface area contributed by atoms with E-state index in [0.29, 0.717) is 5.75 Å². The molecule has 0 aromatic heterocycles. The Balaban J connectivity index is 2.21. The minimum atomic E-state index is -1.09. The number of anilines is 1. The molecule has 0 saturated carbocycles. The molecule has 1 heterocycles. The summed E-state index contributed by atoms with van der Waals surface area (Å²) in [5.41, 5.74) is 0.303. The Labute approximate surface area is 110 Å². The number of benzene rings is 1. The van der Waals surface area contributed by atoms with Crippen molar-refractivity contribution in [3.8, 4) is 5.75 Å². The molecule has 1 amide bonds. The van der Waals surface area contributed by atoms with E-state index in [9.17, 15) is 9.59 Å². The Morgan fingerprint density at radius 1 is 1.47 bits per heavy atom. The van der Waals surface area contributed by atoms with E-state index in [-0.39, 0.29) is 23.2 Å². The quantitative estimate of drug-likeness (QED) is 0.757. The van der Waals surface area contributed by atoms with Gasteiger partial charge in [0, 0.05) is 6.07 Å². The van der Waals surface area contributed by atoms with Gasteiger partial charge in [0.15, 0.2) is 0 Å². The van der Waals surface area contributed by atoms with Crippen LogP contribution in [0.15, 0.2) is 18.2 Å². The Morgan fingerprint density at radius 2 is 2.26 bits per heavy atom. The topological polar surface area (TPSA) is 87.7 Å². The number of carbonyl (C=O) groups is 2. The number of methoxy groups -OCH3 is 1. The predicted molar refractivity (Wildman–Crippen MR) is 69.6 cm³/mol. The number of carboxylic acid groups (broad SMARTS) is 1. The molecular weight excluding hydrogens is 248 g/mol. The van der Waals surface area contributed by atoms with Crippen LogP contribution in [0.5, 0.6) is 5.75 Å². The number of carbonyl (C=O) groups excluding carboxylic acids is 1.